The number of ether oxygens (including phenoxy) is 2. The number of hydrogen-bond donors (Lipinski definition) is 2. The minimum absolute atomic E-state index is 0.525. The molecule has 0 atom stereocenters. The first-order chi connectivity index (χ1) is 10.7. The summed E-state index contributed by atoms with van der Waals surface area (Å²) in [6.45, 7) is 0.525. The van der Waals surface area contributed by atoms with Crippen LogP contribution >= 0.6 is 15.9 Å². The van der Waals surface area contributed by atoms with Crippen molar-refractivity contribution in [3.8, 4) is 11.5 Å². The van der Waals surface area contributed by atoms with E-state index < -0.39 is 0 Å². The molecule has 0 aliphatic rings. The number of nitrogens with zero attached hydrogens (tertiary/aromatic N) is 2. The van der Waals surface area contributed by atoms with Crippen LogP contribution in [0.1, 0.15) is 5.56 Å². The Hall–Kier alpha value is -2.28. The van der Waals surface area contributed by atoms with Gasteiger partial charge in [0.25, 0.3) is 0 Å². The number of H-pyrrole nitrogens is 1. The molecule has 0 unspecified atom stereocenters. The zero-order valence-corrected chi connectivity index (χ0v) is 13.8. The number of methoxy groups -OCH3 is 2. The molecule has 0 saturated carbocycles. The van der Waals surface area contributed by atoms with Gasteiger partial charge >= 0.3 is 0 Å². The van der Waals surface area contributed by atoms with Crippen LogP contribution in [0.2, 0.25) is 0 Å². The number of fused-ring (bicyclic) bond motifs is 1. The third kappa shape index (κ3) is 2.59. The minimum atomic E-state index is 0.525. The summed E-state index contributed by atoms with van der Waals surface area (Å²) in [7, 11) is 3.29. The highest BCUT2D eigenvalue weighted by Crippen LogP contribution is 2.31. The Morgan fingerprint density at radius 3 is 2.59 bits per heavy atom. The van der Waals surface area contributed by atoms with Crippen molar-refractivity contribution in [1.29, 1.82) is 0 Å². The van der Waals surface area contributed by atoms with Crippen LogP contribution in [-0.2, 0) is 6.54 Å². The summed E-state index contributed by atoms with van der Waals surface area (Å²) in [4.78, 5) is 4.38. The van der Waals surface area contributed by atoms with Crippen LogP contribution < -0.4 is 14.8 Å². The third-order valence-electron chi connectivity index (χ3n) is 3.39. The Bertz CT molecular complexity index is 781. The molecule has 1 aromatic carbocycles. The number of benzene rings is 1. The Kier molecular flexibility index (Phi) is 4.15. The summed E-state index contributed by atoms with van der Waals surface area (Å²) in [6.07, 6.45) is 1.73. The number of rotatable bonds is 5. The van der Waals surface area contributed by atoms with Crippen molar-refractivity contribution in [2.75, 3.05) is 19.5 Å². The lowest BCUT2D eigenvalue weighted by molar-refractivity contribution is 0.386. The van der Waals surface area contributed by atoms with Crippen LogP contribution in [0.5, 0.6) is 11.5 Å². The van der Waals surface area contributed by atoms with E-state index in [4.69, 9.17) is 9.47 Å². The Morgan fingerprint density at radius 2 is 1.91 bits per heavy atom. The second-order valence-electron chi connectivity index (χ2n) is 4.59. The molecule has 7 heteroatoms. The predicted molar refractivity (Wildman–Crippen MR) is 88.5 cm³/mol. The van der Waals surface area contributed by atoms with Gasteiger partial charge in [-0.1, -0.05) is 6.07 Å². The smallest absolute Gasteiger partial charge is 0.139 e. The number of nitrogens with one attached hydrogen (secondary N) is 2. The lowest BCUT2D eigenvalue weighted by atomic mass is 10.1. The highest BCUT2D eigenvalue weighted by Gasteiger charge is 2.13. The Labute approximate surface area is 136 Å². The van der Waals surface area contributed by atoms with Crippen molar-refractivity contribution in [3.63, 3.8) is 0 Å². The van der Waals surface area contributed by atoms with Gasteiger partial charge in [0.1, 0.15) is 21.9 Å². The summed E-state index contributed by atoms with van der Waals surface area (Å²) in [5, 5.41) is 11.3. The van der Waals surface area contributed by atoms with E-state index in [9.17, 15) is 0 Å². The molecule has 0 spiro atoms. The monoisotopic (exact) mass is 362 g/mol. The number of aromatic nitrogens is 3. The summed E-state index contributed by atoms with van der Waals surface area (Å²) in [5.74, 6) is 2.28. The fraction of sp³-hybridized carbons (Fsp3) is 0.200. The molecular formula is C15H15BrN4O2. The zero-order chi connectivity index (χ0) is 15.5. The number of pyridine rings is 1. The topological polar surface area (TPSA) is 72.1 Å². The molecule has 2 N–H and O–H groups in total. The molecular weight excluding hydrogens is 348 g/mol. The average molecular weight is 363 g/mol. The van der Waals surface area contributed by atoms with Gasteiger partial charge in [-0.2, -0.15) is 5.10 Å². The maximum atomic E-state index is 5.40. The predicted octanol–water partition coefficient (Wildman–Crippen LogP) is 3.35. The molecule has 3 rings (SSSR count). The van der Waals surface area contributed by atoms with Crippen LogP contribution in [0, 0.1) is 0 Å². The molecule has 0 radical (unpaired) electrons. The molecule has 2 aromatic heterocycles. The van der Waals surface area contributed by atoms with Gasteiger partial charge in [0.05, 0.1) is 30.7 Å². The SMILES string of the molecule is COc1cccc(OC)c1CNc1nccc2[nH]nc(Br)c12. The van der Waals surface area contributed by atoms with E-state index in [-0.39, 0.29) is 0 Å². The molecule has 2 heterocycles. The van der Waals surface area contributed by atoms with Crippen molar-refractivity contribution in [2.45, 2.75) is 6.54 Å². The number of halogens is 1. The fourth-order valence-electron chi connectivity index (χ4n) is 2.34. The molecule has 114 valence electrons. The second kappa shape index (κ2) is 6.23. The lowest BCUT2D eigenvalue weighted by Crippen LogP contribution is -2.05. The van der Waals surface area contributed by atoms with Gasteiger partial charge in [-0.3, -0.25) is 5.10 Å². The average Bonchev–Trinajstić information content (AvgIpc) is 2.94. The number of hydrogen-bond acceptors (Lipinski definition) is 5. The van der Waals surface area contributed by atoms with Crippen LogP contribution in [0.4, 0.5) is 5.82 Å². The van der Waals surface area contributed by atoms with E-state index in [1.807, 2.05) is 24.3 Å². The summed E-state index contributed by atoms with van der Waals surface area (Å²) in [5.41, 5.74) is 1.85. The van der Waals surface area contributed by atoms with Crippen molar-refractivity contribution in [1.82, 2.24) is 15.2 Å². The highest BCUT2D eigenvalue weighted by atomic mass is 79.9. The number of anilines is 1. The van der Waals surface area contributed by atoms with Crippen LogP contribution in [0.15, 0.2) is 35.1 Å². The normalized spacial score (nSPS) is 10.7. The molecule has 22 heavy (non-hydrogen) atoms. The summed E-state index contributed by atoms with van der Waals surface area (Å²) in [6, 6.07) is 7.58. The van der Waals surface area contributed by atoms with Gasteiger partial charge in [-0.05, 0) is 34.1 Å². The van der Waals surface area contributed by atoms with Gasteiger partial charge in [-0.25, -0.2) is 4.98 Å². The van der Waals surface area contributed by atoms with E-state index in [0.29, 0.717) is 6.54 Å². The van der Waals surface area contributed by atoms with Gasteiger partial charge in [0.2, 0.25) is 0 Å². The summed E-state index contributed by atoms with van der Waals surface area (Å²) < 4.78 is 11.5. The van der Waals surface area contributed by atoms with Crippen molar-refractivity contribution >= 4 is 32.7 Å². The van der Waals surface area contributed by atoms with E-state index >= 15 is 0 Å². The standard InChI is InChI=1S/C15H15BrN4O2/c1-21-11-4-3-5-12(22-2)9(11)8-18-15-13-10(6-7-17-15)19-20-14(13)16/h3-7H,8H2,1-2H3,(H,17,18)(H,19,20). The first-order valence-corrected chi connectivity index (χ1v) is 7.46. The van der Waals surface area contributed by atoms with Crippen LogP contribution in [-0.4, -0.2) is 29.4 Å². The van der Waals surface area contributed by atoms with Gasteiger partial charge in [0.15, 0.2) is 0 Å². The van der Waals surface area contributed by atoms with Gasteiger partial charge in [0, 0.05) is 12.7 Å². The molecule has 6 nitrogen and oxygen atoms in total. The van der Waals surface area contributed by atoms with Crippen molar-refractivity contribution in [3.05, 3.63) is 40.6 Å². The zero-order valence-electron chi connectivity index (χ0n) is 12.2. The minimum Gasteiger partial charge on any atom is -0.496 e. The number of aromatic amines is 1. The summed E-state index contributed by atoms with van der Waals surface area (Å²) >= 11 is 3.43. The largest absolute Gasteiger partial charge is 0.496 e. The van der Waals surface area contributed by atoms with E-state index in [2.05, 4.69) is 36.4 Å². The first kappa shape index (κ1) is 14.6. The van der Waals surface area contributed by atoms with Crippen LogP contribution in [0.25, 0.3) is 10.9 Å². The Balaban J connectivity index is 1.93. The lowest BCUT2D eigenvalue weighted by Gasteiger charge is -2.14. The van der Waals surface area contributed by atoms with Crippen molar-refractivity contribution < 1.29 is 9.47 Å². The molecule has 0 aliphatic heterocycles. The highest BCUT2D eigenvalue weighted by molar-refractivity contribution is 9.10. The maximum absolute atomic E-state index is 5.40. The molecule has 0 aliphatic carbocycles. The quantitative estimate of drug-likeness (QED) is 0.728. The fourth-order valence-corrected chi connectivity index (χ4v) is 2.83. The van der Waals surface area contributed by atoms with Crippen LogP contribution in [0.3, 0.4) is 0 Å². The van der Waals surface area contributed by atoms with E-state index in [0.717, 1.165) is 38.4 Å². The van der Waals surface area contributed by atoms with E-state index in [1.165, 1.54) is 0 Å². The Morgan fingerprint density at radius 1 is 1.18 bits per heavy atom. The molecule has 0 fully saturated rings. The molecule has 0 amide bonds. The van der Waals surface area contributed by atoms with E-state index in [1.54, 1.807) is 20.4 Å². The maximum Gasteiger partial charge on any atom is 0.139 e. The molecule has 0 saturated heterocycles. The van der Waals surface area contributed by atoms with Gasteiger partial charge < -0.3 is 14.8 Å². The second-order valence-corrected chi connectivity index (χ2v) is 5.34. The third-order valence-corrected chi connectivity index (χ3v) is 3.97. The molecule has 3 aromatic rings. The van der Waals surface area contributed by atoms with Crippen molar-refractivity contribution in [2.24, 2.45) is 0 Å². The first-order valence-electron chi connectivity index (χ1n) is 6.67. The van der Waals surface area contributed by atoms with Gasteiger partial charge in [-0.15, -0.1) is 0 Å². The molecule has 0 bridgehead atoms.